The number of hydrogen-bond acceptors (Lipinski definition) is 4. The predicted octanol–water partition coefficient (Wildman–Crippen LogP) is 4.47. The first kappa shape index (κ1) is 25.5. The minimum Gasteiger partial charge on any atom is -0.415 e. The maximum Gasteiger partial charge on any atom is 0.216 e. The van der Waals surface area contributed by atoms with Crippen LogP contribution in [0.1, 0.15) is 40.0 Å². The van der Waals surface area contributed by atoms with Crippen LogP contribution >= 0.6 is 0 Å². The summed E-state index contributed by atoms with van der Waals surface area (Å²) < 4.78 is 13.6. The van der Waals surface area contributed by atoms with Crippen LogP contribution in [-0.2, 0) is 8.85 Å². The molecular formula is C18H46N2O2Si3. The number of rotatable bonds is 13. The molecule has 0 aliphatic heterocycles. The molecular weight excluding hydrogens is 360 g/mol. The molecule has 4 nitrogen and oxygen atoms in total. The van der Waals surface area contributed by atoms with E-state index in [9.17, 15) is 0 Å². The van der Waals surface area contributed by atoms with Gasteiger partial charge in [-0.2, -0.15) is 0 Å². The van der Waals surface area contributed by atoms with Gasteiger partial charge < -0.3 is 20.3 Å². The van der Waals surface area contributed by atoms with E-state index in [0.717, 1.165) is 38.4 Å². The van der Waals surface area contributed by atoms with Gasteiger partial charge in [-0.15, -0.1) is 0 Å². The van der Waals surface area contributed by atoms with Crippen LogP contribution in [0.3, 0.4) is 0 Å². The molecule has 0 radical (unpaired) electrons. The van der Waals surface area contributed by atoms with Crippen LogP contribution in [-0.4, -0.2) is 48.7 Å². The summed E-state index contributed by atoms with van der Waals surface area (Å²) in [5, 5.41) is -0.191. The van der Waals surface area contributed by atoms with E-state index in [1.165, 1.54) is 6.04 Å². The Bertz CT molecular complexity index is 389. The van der Waals surface area contributed by atoms with Gasteiger partial charge in [0.15, 0.2) is 8.32 Å². The van der Waals surface area contributed by atoms with E-state index in [-0.39, 0.29) is 5.22 Å². The van der Waals surface area contributed by atoms with Crippen LogP contribution in [0.25, 0.3) is 0 Å². The zero-order valence-electron chi connectivity index (χ0n) is 18.5. The summed E-state index contributed by atoms with van der Waals surface area (Å²) >= 11 is 0. The maximum atomic E-state index is 6.90. The molecule has 0 aromatic rings. The lowest BCUT2D eigenvalue weighted by Crippen LogP contribution is -2.62. The smallest absolute Gasteiger partial charge is 0.216 e. The highest BCUT2D eigenvalue weighted by atomic mass is 28.4. The summed E-state index contributed by atoms with van der Waals surface area (Å²) in [7, 11) is -5.21. The molecule has 0 aliphatic rings. The molecule has 0 heterocycles. The Morgan fingerprint density at radius 3 is 1.80 bits per heavy atom. The van der Waals surface area contributed by atoms with Crippen molar-refractivity contribution >= 4 is 24.7 Å². The molecule has 0 spiro atoms. The normalized spacial score (nSPS) is 15.5. The van der Waals surface area contributed by atoms with Crippen molar-refractivity contribution in [3.8, 4) is 0 Å². The average molecular weight is 407 g/mol. The highest BCUT2D eigenvalue weighted by molar-refractivity contribution is 6.81. The lowest BCUT2D eigenvalue weighted by Gasteiger charge is -2.47. The van der Waals surface area contributed by atoms with Gasteiger partial charge in [-0.3, -0.25) is 0 Å². The molecule has 7 heteroatoms. The molecule has 0 saturated heterocycles. The third-order valence-corrected chi connectivity index (χ3v) is 16.5. The Hall–Kier alpha value is 0.491. The van der Waals surface area contributed by atoms with E-state index in [4.69, 9.17) is 20.3 Å². The summed E-state index contributed by atoms with van der Waals surface area (Å²) in [6.45, 7) is 22.5. The standard InChI is InChI=1S/C18H46N2O2Si3/c1-10-17(23(4,5)15-11-13-19)21-25(8,9)18(2,3)22-24(6,7)16-12-14-20/h17H,10-16,19-20H2,1-9H3. The highest BCUT2D eigenvalue weighted by Gasteiger charge is 2.48. The first-order chi connectivity index (χ1) is 11.2. The minimum absolute atomic E-state index is 0.191. The predicted molar refractivity (Wildman–Crippen MR) is 120 cm³/mol. The molecule has 0 aromatic heterocycles. The van der Waals surface area contributed by atoms with Gasteiger partial charge in [-0.25, -0.2) is 0 Å². The lowest BCUT2D eigenvalue weighted by atomic mass is 10.5. The largest absolute Gasteiger partial charge is 0.415 e. The Morgan fingerprint density at radius 2 is 1.36 bits per heavy atom. The van der Waals surface area contributed by atoms with Gasteiger partial charge in [0.1, 0.15) is 0 Å². The molecule has 1 atom stereocenters. The van der Waals surface area contributed by atoms with Crippen molar-refractivity contribution in [1.29, 1.82) is 0 Å². The monoisotopic (exact) mass is 406 g/mol. The van der Waals surface area contributed by atoms with Crippen molar-refractivity contribution in [1.82, 2.24) is 0 Å². The van der Waals surface area contributed by atoms with Crippen molar-refractivity contribution in [2.45, 2.75) is 102 Å². The van der Waals surface area contributed by atoms with Gasteiger partial charge in [0.05, 0.1) is 13.3 Å². The lowest BCUT2D eigenvalue weighted by molar-refractivity contribution is 0.125. The fourth-order valence-corrected chi connectivity index (χ4v) is 13.6. The molecule has 0 amide bonds. The Balaban J connectivity index is 5.17. The molecule has 0 bridgehead atoms. The van der Waals surface area contributed by atoms with Crippen LogP contribution < -0.4 is 11.5 Å². The first-order valence-electron chi connectivity index (χ1n) is 10.0. The summed E-state index contributed by atoms with van der Waals surface area (Å²) in [6, 6.07) is 2.36. The van der Waals surface area contributed by atoms with Gasteiger partial charge >= 0.3 is 0 Å². The Morgan fingerprint density at radius 1 is 0.880 bits per heavy atom. The molecule has 25 heavy (non-hydrogen) atoms. The van der Waals surface area contributed by atoms with Crippen LogP contribution in [0, 0.1) is 0 Å². The van der Waals surface area contributed by atoms with E-state index < -0.39 is 24.7 Å². The summed E-state index contributed by atoms with van der Waals surface area (Å²) in [5.41, 5.74) is 11.8. The van der Waals surface area contributed by atoms with Crippen LogP contribution in [0.5, 0.6) is 0 Å². The van der Waals surface area contributed by atoms with Crippen LogP contribution in [0.4, 0.5) is 0 Å². The van der Waals surface area contributed by atoms with Crippen LogP contribution in [0.2, 0.25) is 51.4 Å². The van der Waals surface area contributed by atoms with Gasteiger partial charge in [-0.05, 0) is 78.4 Å². The summed E-state index contributed by atoms with van der Waals surface area (Å²) in [5.74, 6) is 0. The maximum absolute atomic E-state index is 6.90. The minimum atomic E-state index is -2.03. The fourth-order valence-electron chi connectivity index (χ4n) is 3.40. The summed E-state index contributed by atoms with van der Waals surface area (Å²) in [6.07, 6.45) is 3.25. The van der Waals surface area contributed by atoms with Crippen molar-refractivity contribution in [2.24, 2.45) is 11.5 Å². The van der Waals surface area contributed by atoms with E-state index in [2.05, 4.69) is 60.1 Å². The van der Waals surface area contributed by atoms with Crippen molar-refractivity contribution in [3.63, 3.8) is 0 Å². The molecule has 0 aliphatic carbocycles. The van der Waals surface area contributed by atoms with Gasteiger partial charge in [0.25, 0.3) is 0 Å². The molecule has 0 saturated carbocycles. The number of hydrogen-bond donors (Lipinski definition) is 2. The molecule has 4 N–H and O–H groups in total. The molecule has 152 valence electrons. The molecule has 1 unspecified atom stereocenters. The Labute approximate surface area is 160 Å². The quantitative estimate of drug-likeness (QED) is 0.443. The first-order valence-corrected chi connectivity index (χ1v) is 19.3. The van der Waals surface area contributed by atoms with Gasteiger partial charge in [-0.1, -0.05) is 26.1 Å². The Kier molecular flexibility index (Phi) is 10.3. The van der Waals surface area contributed by atoms with Crippen LogP contribution in [0.15, 0.2) is 0 Å². The third kappa shape index (κ3) is 8.36. The topological polar surface area (TPSA) is 70.5 Å². The van der Waals surface area contributed by atoms with E-state index in [1.807, 2.05) is 0 Å². The van der Waals surface area contributed by atoms with Gasteiger partial charge in [0.2, 0.25) is 8.32 Å². The van der Waals surface area contributed by atoms with Crippen molar-refractivity contribution in [3.05, 3.63) is 0 Å². The summed E-state index contributed by atoms with van der Waals surface area (Å²) in [4.78, 5) is 0. The van der Waals surface area contributed by atoms with Crippen molar-refractivity contribution < 1.29 is 8.85 Å². The van der Waals surface area contributed by atoms with E-state index in [1.54, 1.807) is 0 Å². The fraction of sp³-hybridized carbons (Fsp3) is 1.00. The van der Waals surface area contributed by atoms with E-state index >= 15 is 0 Å². The average Bonchev–Trinajstić information content (AvgIpc) is 2.47. The zero-order chi connectivity index (χ0) is 19.9. The second-order valence-electron chi connectivity index (χ2n) is 9.67. The second kappa shape index (κ2) is 10.1. The van der Waals surface area contributed by atoms with E-state index in [0.29, 0.717) is 5.73 Å². The number of nitrogens with two attached hydrogens (primary N) is 2. The molecule has 0 rings (SSSR count). The highest BCUT2D eigenvalue weighted by Crippen LogP contribution is 2.34. The second-order valence-corrected chi connectivity index (χ2v) is 23.5. The van der Waals surface area contributed by atoms with Crippen molar-refractivity contribution in [2.75, 3.05) is 13.1 Å². The molecule has 0 aromatic carbocycles. The third-order valence-electron chi connectivity index (χ3n) is 5.67. The zero-order valence-corrected chi connectivity index (χ0v) is 21.5. The van der Waals surface area contributed by atoms with Gasteiger partial charge in [0, 0.05) is 5.73 Å². The molecule has 0 fully saturated rings. The SMILES string of the molecule is CCC(O[Si](C)(C)C(C)(C)O[Si](C)(C)CCCN)[Si](C)(C)CCCN.